The molecule has 4 heterocycles. The van der Waals surface area contributed by atoms with Gasteiger partial charge in [-0.05, 0) is 30.5 Å². The molecule has 0 aliphatic heterocycles. The number of nitrogen functional groups attached to an aromatic ring is 1. The van der Waals surface area contributed by atoms with E-state index in [-0.39, 0.29) is 11.1 Å². The van der Waals surface area contributed by atoms with Gasteiger partial charge >= 0.3 is 0 Å². The molecule has 5 aromatic rings. The van der Waals surface area contributed by atoms with Crippen molar-refractivity contribution in [2.45, 2.75) is 25.3 Å². The van der Waals surface area contributed by atoms with E-state index >= 15 is 4.39 Å². The van der Waals surface area contributed by atoms with Crippen molar-refractivity contribution in [1.29, 1.82) is 0 Å². The van der Waals surface area contributed by atoms with Crippen molar-refractivity contribution >= 4 is 39.7 Å². The first-order valence-corrected chi connectivity index (χ1v) is 12.7. The lowest BCUT2D eigenvalue weighted by Gasteiger charge is -2.18. The highest BCUT2D eigenvalue weighted by Gasteiger charge is 2.29. The first kappa shape index (κ1) is 23.0. The quantitative estimate of drug-likeness (QED) is 0.283. The lowest BCUT2D eigenvalue weighted by Crippen LogP contribution is -2.33. The van der Waals surface area contributed by atoms with Crippen LogP contribution in [0.4, 0.5) is 9.52 Å². The van der Waals surface area contributed by atoms with Crippen LogP contribution in [0, 0.1) is 11.7 Å². The Morgan fingerprint density at radius 1 is 1.19 bits per heavy atom. The Bertz CT molecular complexity index is 1530. The lowest BCUT2D eigenvalue weighted by molar-refractivity contribution is -0.659. The van der Waals surface area contributed by atoms with Crippen LogP contribution in [0.3, 0.4) is 0 Å². The van der Waals surface area contributed by atoms with E-state index in [9.17, 15) is 0 Å². The van der Waals surface area contributed by atoms with E-state index in [4.69, 9.17) is 33.9 Å². The molecule has 1 aromatic carbocycles. The molecule has 1 fully saturated rings. The molecule has 4 aromatic heterocycles. The molecule has 13 heteroatoms. The van der Waals surface area contributed by atoms with E-state index in [1.807, 2.05) is 23.0 Å². The standard InChI is InChI=1S/C23H18Cl2FN9S/c24-15-4-6-17(35-11-29-32-33-35)19(20(15)26)13-3-5-16(28-8-13)18(7-12-1-2-12)34-10-14(9-30-34)21-22(25)31-23(27)36-21/h3-6,8-12,18H,1-2,7H2,(H2,27,31)/p+1. The van der Waals surface area contributed by atoms with Crippen LogP contribution in [-0.4, -0.2) is 35.3 Å². The van der Waals surface area contributed by atoms with Crippen molar-refractivity contribution in [3.63, 3.8) is 0 Å². The minimum absolute atomic E-state index is 0.0175. The summed E-state index contributed by atoms with van der Waals surface area (Å²) in [5.74, 6) is 0.0748. The summed E-state index contributed by atoms with van der Waals surface area (Å²) in [7, 11) is 0. The molecule has 0 saturated heterocycles. The number of hydrogen-bond acceptors (Lipinski definition) is 7. The summed E-state index contributed by atoms with van der Waals surface area (Å²) in [6, 6.07) is 6.86. The Hall–Kier alpha value is -3.41. The van der Waals surface area contributed by atoms with E-state index < -0.39 is 5.82 Å². The predicted octanol–water partition coefficient (Wildman–Crippen LogP) is 4.88. The summed E-state index contributed by atoms with van der Waals surface area (Å²) in [6.07, 6.45) is 10.1. The molecular weight excluding hydrogens is 524 g/mol. The number of anilines is 1. The highest BCUT2D eigenvalue weighted by Crippen LogP contribution is 2.41. The number of nitrogens with two attached hydrogens (primary N) is 1. The average molecular weight is 543 g/mol. The van der Waals surface area contributed by atoms with Gasteiger partial charge in [0.1, 0.15) is 15.9 Å². The van der Waals surface area contributed by atoms with Gasteiger partial charge in [-0.25, -0.2) is 9.37 Å². The highest BCUT2D eigenvalue weighted by molar-refractivity contribution is 7.19. The van der Waals surface area contributed by atoms with Gasteiger partial charge in [0, 0.05) is 23.5 Å². The number of tetrazole rings is 1. The second-order valence-electron chi connectivity index (χ2n) is 8.60. The number of aromatic amines is 1. The van der Waals surface area contributed by atoms with Crippen molar-refractivity contribution in [2.24, 2.45) is 5.92 Å². The normalized spacial score (nSPS) is 14.3. The van der Waals surface area contributed by atoms with Gasteiger partial charge in [-0.15, -0.1) is 4.68 Å². The monoisotopic (exact) mass is 542 g/mol. The molecule has 1 saturated carbocycles. The van der Waals surface area contributed by atoms with Gasteiger partial charge in [-0.2, -0.15) is 5.10 Å². The van der Waals surface area contributed by atoms with Gasteiger partial charge in [-0.3, -0.25) is 9.67 Å². The van der Waals surface area contributed by atoms with Crippen molar-refractivity contribution in [3.8, 4) is 27.3 Å². The first-order chi connectivity index (χ1) is 17.5. The topological polar surface area (TPSA) is 115 Å². The number of thiazole rings is 1. The Labute approximate surface area is 218 Å². The number of halogens is 3. The molecule has 1 aliphatic rings. The molecule has 9 nitrogen and oxygen atoms in total. The Morgan fingerprint density at radius 2 is 2.06 bits per heavy atom. The molecule has 182 valence electrons. The van der Waals surface area contributed by atoms with Gasteiger partial charge in [0.2, 0.25) is 0 Å². The summed E-state index contributed by atoms with van der Waals surface area (Å²) >= 11 is 13.7. The van der Waals surface area contributed by atoms with E-state index in [1.54, 1.807) is 18.5 Å². The fraction of sp³-hybridized carbons (Fsp3) is 0.217. The molecule has 3 N–H and O–H groups in total. The maximum atomic E-state index is 15.2. The zero-order chi connectivity index (χ0) is 24.8. The average Bonchev–Trinajstić information content (AvgIpc) is 3.24. The molecule has 0 radical (unpaired) electrons. The number of nitrogens with zero attached hydrogens (tertiary/aromatic N) is 7. The molecule has 36 heavy (non-hydrogen) atoms. The van der Waals surface area contributed by atoms with Gasteiger partial charge < -0.3 is 5.73 Å². The third-order valence-corrected chi connectivity index (χ3v) is 7.78. The van der Waals surface area contributed by atoms with E-state index in [0.29, 0.717) is 33.0 Å². The zero-order valence-corrected chi connectivity index (χ0v) is 21.0. The van der Waals surface area contributed by atoms with Crippen molar-refractivity contribution in [1.82, 2.24) is 35.3 Å². The summed E-state index contributed by atoms with van der Waals surface area (Å²) in [5.41, 5.74) is 8.89. The Morgan fingerprint density at radius 3 is 2.72 bits per heavy atom. The second-order valence-corrected chi connectivity index (χ2v) is 10.4. The molecule has 1 atom stereocenters. The number of nitrogens with one attached hydrogen (secondary N) is 1. The number of rotatable bonds is 7. The molecule has 1 unspecified atom stereocenters. The van der Waals surface area contributed by atoms with Crippen LogP contribution >= 0.6 is 34.5 Å². The van der Waals surface area contributed by atoms with Crippen LogP contribution in [0.25, 0.3) is 27.3 Å². The molecule has 0 amide bonds. The van der Waals surface area contributed by atoms with Crippen LogP contribution in [0.1, 0.15) is 31.0 Å². The van der Waals surface area contributed by atoms with E-state index in [1.165, 1.54) is 41.3 Å². The molecule has 0 spiro atoms. The number of benzene rings is 1. The first-order valence-electron chi connectivity index (χ1n) is 11.2. The predicted molar refractivity (Wildman–Crippen MR) is 134 cm³/mol. The number of hydrogen-bond donors (Lipinski definition) is 2. The maximum Gasteiger partial charge on any atom is 0.293 e. The lowest BCUT2D eigenvalue weighted by atomic mass is 10.0. The molecule has 6 rings (SSSR count). The number of H-pyrrole nitrogens is 1. The SMILES string of the molecule is Nc1nc(Cl)c(-c2cnn(C(CC3CC3)c3ccc(-c4c(-[n+]5cnn[nH]5)ccc(Cl)c4F)cn3)c2)s1. The Kier molecular flexibility index (Phi) is 5.90. The van der Waals surface area contributed by atoms with Crippen molar-refractivity contribution in [3.05, 3.63) is 70.9 Å². The van der Waals surface area contributed by atoms with Gasteiger partial charge in [0.05, 0.1) is 33.4 Å². The maximum absolute atomic E-state index is 15.2. The minimum Gasteiger partial charge on any atom is -0.375 e. The second kappa shape index (κ2) is 9.23. The van der Waals surface area contributed by atoms with E-state index in [2.05, 4.69) is 25.6 Å². The van der Waals surface area contributed by atoms with E-state index in [0.717, 1.165) is 22.6 Å². The third-order valence-electron chi connectivity index (χ3n) is 6.17. The van der Waals surface area contributed by atoms with Gasteiger partial charge in [0.25, 0.3) is 6.33 Å². The van der Waals surface area contributed by atoms with Crippen molar-refractivity contribution < 1.29 is 9.07 Å². The fourth-order valence-electron chi connectivity index (χ4n) is 4.21. The van der Waals surface area contributed by atoms with Crippen LogP contribution < -0.4 is 10.4 Å². The zero-order valence-electron chi connectivity index (χ0n) is 18.6. The van der Waals surface area contributed by atoms with Crippen LogP contribution in [0.2, 0.25) is 10.2 Å². The third kappa shape index (κ3) is 4.34. The Balaban J connectivity index is 1.36. The fourth-order valence-corrected chi connectivity index (χ4v) is 5.44. The molecule has 0 bridgehead atoms. The smallest absolute Gasteiger partial charge is 0.293 e. The van der Waals surface area contributed by atoms with Gasteiger partial charge in [0.15, 0.2) is 16.2 Å². The van der Waals surface area contributed by atoms with Crippen LogP contribution in [0.15, 0.2) is 49.2 Å². The highest BCUT2D eigenvalue weighted by atomic mass is 35.5. The summed E-state index contributed by atoms with van der Waals surface area (Å²) in [6.45, 7) is 0. The van der Waals surface area contributed by atoms with Crippen LogP contribution in [-0.2, 0) is 0 Å². The van der Waals surface area contributed by atoms with Gasteiger partial charge in [-0.1, -0.05) is 58.7 Å². The van der Waals surface area contributed by atoms with Crippen molar-refractivity contribution in [2.75, 3.05) is 5.73 Å². The van der Waals surface area contributed by atoms with Crippen LogP contribution in [0.5, 0.6) is 0 Å². The molecule has 1 aliphatic carbocycles. The summed E-state index contributed by atoms with van der Waals surface area (Å²) < 4.78 is 18.6. The largest absolute Gasteiger partial charge is 0.375 e. The minimum atomic E-state index is -0.544. The summed E-state index contributed by atoms with van der Waals surface area (Å²) in [5, 5.41) is 15.6. The molecular formula is C23H19Cl2FN9S+. The summed E-state index contributed by atoms with van der Waals surface area (Å²) in [4.78, 5) is 9.61. The number of aromatic nitrogens is 8. The number of pyridine rings is 1.